The van der Waals surface area contributed by atoms with E-state index in [0.29, 0.717) is 70.7 Å². The van der Waals surface area contributed by atoms with Crippen molar-refractivity contribution in [2.45, 2.75) is 152 Å². The van der Waals surface area contributed by atoms with Crippen LogP contribution in [0.1, 0.15) is 87.5 Å². The van der Waals surface area contributed by atoms with Gasteiger partial charge < -0.3 is 48.8 Å². The van der Waals surface area contributed by atoms with E-state index in [4.69, 9.17) is 24.1 Å². The average Bonchev–Trinajstić information content (AvgIpc) is 3.94. The van der Waals surface area contributed by atoms with E-state index in [0.717, 1.165) is 67.3 Å². The van der Waals surface area contributed by atoms with Crippen LogP contribution >= 0.6 is 0 Å². The first kappa shape index (κ1) is 62.4. The quantitative estimate of drug-likeness (QED) is 0.126. The molecular weight excluding hydrogens is 1070 g/mol. The van der Waals surface area contributed by atoms with Gasteiger partial charge >= 0.3 is 30.8 Å². The Hall–Kier alpha value is -4.83. The molecule has 8 rings (SSSR count). The molecule has 2 spiro atoms. The Balaban J connectivity index is 0.000000223. The van der Waals surface area contributed by atoms with Gasteiger partial charge in [0.15, 0.2) is 0 Å². The van der Waals surface area contributed by atoms with Crippen molar-refractivity contribution in [2.75, 3.05) is 88.5 Å². The van der Waals surface area contributed by atoms with Crippen LogP contribution in [0.15, 0.2) is 36.4 Å². The SMILES string of the molecule is Cc1cc(CN2CCCC23CCN(C(=O)OC(C(F)(F)F)C(F)(F)F)CC3)cc(N2CCOC(C)(OC=O)C2)c1.Cc1cc(CN2CCCC23CCNCC3)cc(N2CCOC(C)(OC=O)C2)c1.OC(C(F)(F)F)C(F)(F)F. The van der Waals surface area contributed by atoms with Crippen LogP contribution < -0.4 is 15.1 Å². The van der Waals surface area contributed by atoms with Crippen molar-refractivity contribution in [1.82, 2.24) is 20.0 Å². The lowest BCUT2D eigenvalue weighted by atomic mass is 9.85. The second kappa shape index (κ2) is 24.9. The Morgan fingerprint density at radius 1 is 0.615 bits per heavy atom. The van der Waals surface area contributed by atoms with Gasteiger partial charge in [-0.25, -0.2) is 4.79 Å². The number of aryl methyl sites for hydroxylation is 2. The zero-order chi connectivity index (χ0) is 57.5. The molecule has 2 atom stereocenters. The minimum atomic E-state index is -5.75. The van der Waals surface area contributed by atoms with Crippen LogP contribution in [0.4, 0.5) is 68.9 Å². The molecule has 27 heteroatoms. The zero-order valence-corrected chi connectivity index (χ0v) is 43.8. The molecule has 0 radical (unpaired) electrons. The van der Waals surface area contributed by atoms with Crippen LogP contribution in [-0.2, 0) is 46.4 Å². The number of carbonyl (C=O) groups is 3. The molecular formula is C51H68F12N6O9. The van der Waals surface area contributed by atoms with E-state index in [-0.39, 0.29) is 18.6 Å². The number of halogens is 12. The lowest BCUT2D eigenvalue weighted by molar-refractivity contribution is -0.309. The Labute approximate surface area is 444 Å². The van der Waals surface area contributed by atoms with Gasteiger partial charge in [-0.05, 0) is 138 Å². The average molecular weight is 1140 g/mol. The molecule has 0 aliphatic carbocycles. The van der Waals surface area contributed by atoms with Gasteiger partial charge in [0.1, 0.15) is 0 Å². The first-order valence-electron chi connectivity index (χ1n) is 25.6. The van der Waals surface area contributed by atoms with Crippen LogP contribution in [0.25, 0.3) is 0 Å². The van der Waals surface area contributed by atoms with E-state index < -0.39 is 54.6 Å². The van der Waals surface area contributed by atoms with Crippen LogP contribution in [0, 0.1) is 13.8 Å². The lowest BCUT2D eigenvalue weighted by Crippen LogP contribution is -2.54. The van der Waals surface area contributed by atoms with E-state index in [9.17, 15) is 67.1 Å². The molecule has 440 valence electrons. The molecule has 0 saturated carbocycles. The first-order valence-corrected chi connectivity index (χ1v) is 25.6. The van der Waals surface area contributed by atoms with Crippen LogP contribution in [0.3, 0.4) is 0 Å². The maximum atomic E-state index is 12.8. The predicted octanol–water partition coefficient (Wildman–Crippen LogP) is 8.69. The molecule has 6 fully saturated rings. The number of nitrogens with one attached hydrogen (secondary N) is 1. The fraction of sp³-hybridized carbons (Fsp3) is 0.706. The Kier molecular flexibility index (Phi) is 19.9. The third-order valence-corrected chi connectivity index (χ3v) is 15.2. The lowest BCUT2D eigenvalue weighted by Gasteiger charge is -2.45. The molecule has 2 aromatic carbocycles. The molecule has 0 aromatic heterocycles. The van der Waals surface area contributed by atoms with Crippen molar-refractivity contribution in [3.05, 3.63) is 58.7 Å². The third kappa shape index (κ3) is 16.2. The molecule has 0 bridgehead atoms. The summed E-state index contributed by atoms with van der Waals surface area (Å²) in [4.78, 5) is 44.3. The van der Waals surface area contributed by atoms with Crippen LogP contribution in [0.5, 0.6) is 0 Å². The maximum absolute atomic E-state index is 12.8. The number of hydrogen-bond acceptors (Lipinski definition) is 14. The van der Waals surface area contributed by atoms with Gasteiger partial charge in [0.2, 0.25) is 17.7 Å². The minimum absolute atomic E-state index is 0.0000719. The Morgan fingerprint density at radius 3 is 1.40 bits per heavy atom. The van der Waals surface area contributed by atoms with Crippen molar-refractivity contribution in [1.29, 1.82) is 0 Å². The number of aliphatic hydroxyl groups is 1. The molecule has 6 aliphatic rings. The summed E-state index contributed by atoms with van der Waals surface area (Å²) in [5, 5.41) is 11.0. The predicted molar refractivity (Wildman–Crippen MR) is 258 cm³/mol. The van der Waals surface area contributed by atoms with Gasteiger partial charge in [-0.3, -0.25) is 19.4 Å². The highest BCUT2D eigenvalue weighted by Crippen LogP contribution is 2.42. The van der Waals surface area contributed by atoms with Gasteiger partial charge in [-0.1, -0.05) is 12.1 Å². The van der Waals surface area contributed by atoms with E-state index in [2.05, 4.69) is 66.9 Å². The summed E-state index contributed by atoms with van der Waals surface area (Å²) in [7, 11) is 0. The summed E-state index contributed by atoms with van der Waals surface area (Å²) in [5.74, 6) is -1.93. The molecule has 6 saturated heterocycles. The number of carbonyl (C=O) groups excluding carboxylic acids is 3. The molecule has 6 aliphatic heterocycles. The molecule has 2 N–H and O–H groups in total. The van der Waals surface area contributed by atoms with Gasteiger partial charge in [-0.2, -0.15) is 52.7 Å². The number of aliphatic hydroxyl groups excluding tert-OH is 1. The summed E-state index contributed by atoms with van der Waals surface area (Å²) in [6.07, 6.45) is -25.1. The molecule has 15 nitrogen and oxygen atoms in total. The van der Waals surface area contributed by atoms with Crippen molar-refractivity contribution < 1.29 is 95.9 Å². The number of benzene rings is 2. The third-order valence-electron chi connectivity index (χ3n) is 15.2. The van der Waals surface area contributed by atoms with E-state index >= 15 is 0 Å². The summed E-state index contributed by atoms with van der Waals surface area (Å²) in [5.41, 5.74) is 6.95. The number of piperidine rings is 2. The van der Waals surface area contributed by atoms with Crippen molar-refractivity contribution in [3.8, 4) is 0 Å². The smallest absolute Gasteiger partial charge is 0.434 e. The number of ether oxygens (including phenoxy) is 5. The molecule has 1 amide bonds. The molecule has 6 heterocycles. The fourth-order valence-electron chi connectivity index (χ4n) is 11.4. The Bertz CT molecular complexity index is 2300. The van der Waals surface area contributed by atoms with Crippen LogP contribution in [-0.4, -0.2) is 177 Å². The van der Waals surface area contributed by atoms with Crippen molar-refractivity contribution in [3.63, 3.8) is 0 Å². The van der Waals surface area contributed by atoms with Crippen LogP contribution in [0.2, 0.25) is 0 Å². The van der Waals surface area contributed by atoms with Gasteiger partial charge in [-0.15, -0.1) is 0 Å². The minimum Gasteiger partial charge on any atom is -0.434 e. The summed E-state index contributed by atoms with van der Waals surface area (Å²) < 4.78 is 168. The number of likely N-dealkylation sites (tertiary alicyclic amines) is 3. The molecule has 2 unspecified atom stereocenters. The summed E-state index contributed by atoms with van der Waals surface area (Å²) in [6, 6.07) is 13.0. The van der Waals surface area contributed by atoms with E-state index in [1.54, 1.807) is 6.92 Å². The number of amides is 1. The highest BCUT2D eigenvalue weighted by atomic mass is 19.4. The highest BCUT2D eigenvalue weighted by molar-refractivity contribution is 5.68. The second-order valence-electron chi connectivity index (χ2n) is 21.2. The number of hydrogen-bond donors (Lipinski definition) is 2. The fourth-order valence-corrected chi connectivity index (χ4v) is 11.4. The normalized spacial score (nSPS) is 24.2. The maximum Gasteiger partial charge on any atom is 0.434 e. The van der Waals surface area contributed by atoms with E-state index in [1.165, 1.54) is 49.0 Å². The molecule has 2 aromatic rings. The topological polar surface area (TPSA) is 146 Å². The number of alkyl halides is 12. The van der Waals surface area contributed by atoms with Gasteiger partial charge in [0.25, 0.3) is 19.0 Å². The second-order valence-corrected chi connectivity index (χ2v) is 21.2. The standard InChI is InChI=1S/C26H33F6N3O5.C22H33N3O3.C3H2F6O/c1-18-12-19(14-20(13-18)34-10-11-38-23(2,16-34)39-17-36)15-35-7-3-4-24(35)5-8-33(9-6-24)22(37)40-21(25(27,28)29)26(30,31)32;1-18-12-19(15-25-9-3-4-22(25)5-7-23-8-6-22)14-20(13-18)24-10-11-27-21(2,16-24)28-17-26;4-2(5,6)1(10)3(7,8)9/h12-14,17,21H,3-11,15-16H2,1-2H3;12-14,17,23H,3-11,15-16H2,1-2H3;1,10H. The first-order chi connectivity index (χ1) is 36.3. The zero-order valence-electron chi connectivity index (χ0n) is 43.8. The molecule has 78 heavy (non-hydrogen) atoms. The van der Waals surface area contributed by atoms with E-state index in [1.807, 2.05) is 19.9 Å². The number of anilines is 2. The highest BCUT2D eigenvalue weighted by Gasteiger charge is 2.61. The van der Waals surface area contributed by atoms with Gasteiger partial charge in [0, 0.05) is 75.6 Å². The number of rotatable bonds is 11. The number of nitrogens with zero attached hydrogens (tertiary/aromatic N) is 5. The van der Waals surface area contributed by atoms with Crippen molar-refractivity contribution >= 4 is 30.4 Å². The summed E-state index contributed by atoms with van der Waals surface area (Å²) in [6.45, 7) is 17.7. The summed E-state index contributed by atoms with van der Waals surface area (Å²) >= 11 is 0. The monoisotopic (exact) mass is 1140 g/mol. The number of morpholine rings is 2. The van der Waals surface area contributed by atoms with Gasteiger partial charge in [0.05, 0.1) is 26.3 Å². The Morgan fingerprint density at radius 2 is 1.03 bits per heavy atom. The largest absolute Gasteiger partial charge is 0.434 e. The van der Waals surface area contributed by atoms with Crippen molar-refractivity contribution in [2.24, 2.45) is 0 Å².